The normalized spacial score (nSPS) is 10.4. The van der Waals surface area contributed by atoms with E-state index >= 15 is 0 Å². The maximum Gasteiger partial charge on any atom is 0.0682 e. The third-order valence-corrected chi connectivity index (χ3v) is 2.62. The second kappa shape index (κ2) is 11.1. The number of unbranched alkanes of at least 4 members (excludes halogenated alkanes) is 5. The predicted octanol–water partition coefficient (Wildman–Crippen LogP) is 3.85. The zero-order chi connectivity index (χ0) is 10.6. The largest absolute Gasteiger partial charge is 0.377 e. The fourth-order valence-corrected chi connectivity index (χ4v) is 1.34. The molecule has 0 atom stereocenters. The van der Waals surface area contributed by atoms with Gasteiger partial charge in [-0.2, -0.15) is 12.6 Å². The molecule has 0 aliphatic heterocycles. The van der Waals surface area contributed by atoms with Crippen molar-refractivity contribution < 1.29 is 4.74 Å². The maximum atomic E-state index is 5.44. The summed E-state index contributed by atoms with van der Waals surface area (Å²) in [6.07, 6.45) is 7.90. The van der Waals surface area contributed by atoms with Crippen molar-refractivity contribution in [3.8, 4) is 0 Å². The second-order valence-corrected chi connectivity index (χ2v) is 4.04. The Kier molecular flexibility index (Phi) is 11.2. The molecule has 0 aliphatic carbocycles. The van der Waals surface area contributed by atoms with E-state index < -0.39 is 0 Å². The van der Waals surface area contributed by atoms with E-state index in [1.807, 2.05) is 0 Å². The molecule has 2 heteroatoms. The molecule has 0 N–H and O–H groups in total. The van der Waals surface area contributed by atoms with Crippen molar-refractivity contribution >= 4 is 12.6 Å². The molecule has 0 fully saturated rings. The molecule has 0 bridgehead atoms. The van der Waals surface area contributed by atoms with Crippen LogP contribution in [0.5, 0.6) is 0 Å². The van der Waals surface area contributed by atoms with Gasteiger partial charge in [0.15, 0.2) is 0 Å². The summed E-state index contributed by atoms with van der Waals surface area (Å²) in [7, 11) is 0. The summed E-state index contributed by atoms with van der Waals surface area (Å²) in [6.45, 7) is 7.63. The highest BCUT2D eigenvalue weighted by Gasteiger charge is 1.92. The lowest BCUT2D eigenvalue weighted by molar-refractivity contribution is 0.151. The summed E-state index contributed by atoms with van der Waals surface area (Å²) in [6, 6.07) is 0. The molecule has 1 nitrogen and oxygen atoms in total. The van der Waals surface area contributed by atoms with Crippen LogP contribution >= 0.6 is 12.6 Å². The van der Waals surface area contributed by atoms with Gasteiger partial charge in [-0.3, -0.25) is 0 Å². The summed E-state index contributed by atoms with van der Waals surface area (Å²) in [5.41, 5.74) is 1.07. The van der Waals surface area contributed by atoms with Crippen LogP contribution in [-0.4, -0.2) is 19.0 Å². The number of hydrogen-bond acceptors (Lipinski definition) is 2. The molecular formula is C12H24OS. The van der Waals surface area contributed by atoms with Crippen molar-refractivity contribution in [2.24, 2.45) is 0 Å². The van der Waals surface area contributed by atoms with Crippen molar-refractivity contribution in [1.29, 1.82) is 0 Å². The van der Waals surface area contributed by atoms with Gasteiger partial charge in [-0.05, 0) is 12.0 Å². The maximum absolute atomic E-state index is 5.44. The zero-order valence-corrected chi connectivity index (χ0v) is 10.3. The van der Waals surface area contributed by atoms with Crippen LogP contribution in [0.3, 0.4) is 0 Å². The lowest BCUT2D eigenvalue weighted by Gasteiger charge is -2.04. The molecular weight excluding hydrogens is 192 g/mol. The van der Waals surface area contributed by atoms with Crippen LogP contribution in [0.4, 0.5) is 0 Å². The van der Waals surface area contributed by atoms with Crippen molar-refractivity contribution in [2.45, 2.75) is 45.4 Å². The molecule has 0 spiro atoms. The van der Waals surface area contributed by atoms with Crippen LogP contribution in [0.25, 0.3) is 0 Å². The first-order chi connectivity index (χ1) is 6.81. The van der Waals surface area contributed by atoms with Gasteiger partial charge in [-0.15, -0.1) is 0 Å². The molecule has 0 aromatic carbocycles. The molecule has 84 valence electrons. The first-order valence-electron chi connectivity index (χ1n) is 5.66. The Bertz CT molecular complexity index is 134. The minimum absolute atomic E-state index is 0.679. The standard InChI is InChI=1S/C12H24OS/c1-3-4-5-6-7-8-9-13-10-12(2)11-14/h14H,2-11H2,1H3. The highest BCUT2D eigenvalue weighted by molar-refractivity contribution is 7.80. The molecule has 14 heavy (non-hydrogen) atoms. The second-order valence-electron chi connectivity index (χ2n) is 3.73. The average molecular weight is 216 g/mol. The summed E-state index contributed by atoms with van der Waals surface area (Å²) >= 11 is 4.12. The molecule has 0 aliphatic rings. The minimum Gasteiger partial charge on any atom is -0.377 e. The summed E-state index contributed by atoms with van der Waals surface area (Å²) in [5, 5.41) is 0. The van der Waals surface area contributed by atoms with E-state index in [0.717, 1.165) is 17.9 Å². The molecule has 0 saturated heterocycles. The fraction of sp³-hybridized carbons (Fsp3) is 0.833. The summed E-state index contributed by atoms with van der Waals surface area (Å²) in [4.78, 5) is 0. The van der Waals surface area contributed by atoms with Crippen LogP contribution in [0.15, 0.2) is 12.2 Å². The molecule has 0 radical (unpaired) electrons. The van der Waals surface area contributed by atoms with E-state index in [9.17, 15) is 0 Å². The van der Waals surface area contributed by atoms with Gasteiger partial charge in [0.05, 0.1) is 6.61 Å². The van der Waals surface area contributed by atoms with Gasteiger partial charge in [0.1, 0.15) is 0 Å². The van der Waals surface area contributed by atoms with Gasteiger partial charge in [-0.25, -0.2) is 0 Å². The molecule has 0 saturated carbocycles. The Labute approximate surface area is 94.3 Å². The van der Waals surface area contributed by atoms with Crippen LogP contribution in [0.1, 0.15) is 45.4 Å². The molecule has 0 heterocycles. The predicted molar refractivity (Wildman–Crippen MR) is 67.2 cm³/mol. The highest BCUT2D eigenvalue weighted by atomic mass is 32.1. The molecule has 0 aromatic heterocycles. The van der Waals surface area contributed by atoms with Crippen molar-refractivity contribution in [1.82, 2.24) is 0 Å². The first-order valence-corrected chi connectivity index (χ1v) is 6.29. The molecule has 0 rings (SSSR count). The Hall–Kier alpha value is 0.0500. The van der Waals surface area contributed by atoms with Gasteiger partial charge in [0, 0.05) is 12.4 Å². The minimum atomic E-state index is 0.679. The SMILES string of the molecule is C=C(CS)COCCCCCCCC. The number of ether oxygens (including phenoxy) is 1. The monoisotopic (exact) mass is 216 g/mol. The van der Waals surface area contributed by atoms with Crippen LogP contribution < -0.4 is 0 Å². The Morgan fingerprint density at radius 1 is 1.14 bits per heavy atom. The smallest absolute Gasteiger partial charge is 0.0682 e. The van der Waals surface area contributed by atoms with Crippen LogP contribution in [0.2, 0.25) is 0 Å². The lowest BCUT2D eigenvalue weighted by Crippen LogP contribution is -2.00. The van der Waals surface area contributed by atoms with Crippen LogP contribution in [0, 0.1) is 0 Å². The quantitative estimate of drug-likeness (QED) is 0.331. The van der Waals surface area contributed by atoms with E-state index in [-0.39, 0.29) is 0 Å². The summed E-state index contributed by atoms with van der Waals surface area (Å²) in [5.74, 6) is 0.733. The molecule has 0 amide bonds. The van der Waals surface area contributed by atoms with Gasteiger partial charge in [0.2, 0.25) is 0 Å². The Morgan fingerprint density at radius 2 is 1.79 bits per heavy atom. The van der Waals surface area contributed by atoms with Gasteiger partial charge >= 0.3 is 0 Å². The number of hydrogen-bond donors (Lipinski definition) is 1. The van der Waals surface area contributed by atoms with Gasteiger partial charge in [-0.1, -0.05) is 45.6 Å². The average Bonchev–Trinajstić information content (AvgIpc) is 2.21. The number of thiol groups is 1. The molecule has 0 unspecified atom stereocenters. The van der Waals surface area contributed by atoms with Crippen LogP contribution in [-0.2, 0) is 4.74 Å². The van der Waals surface area contributed by atoms with E-state index in [0.29, 0.717) is 6.61 Å². The molecule has 0 aromatic rings. The third-order valence-electron chi connectivity index (χ3n) is 2.17. The van der Waals surface area contributed by atoms with Gasteiger partial charge < -0.3 is 4.74 Å². The number of rotatable bonds is 10. The van der Waals surface area contributed by atoms with E-state index in [1.165, 1.54) is 38.5 Å². The Morgan fingerprint density at radius 3 is 2.43 bits per heavy atom. The third kappa shape index (κ3) is 10.1. The van der Waals surface area contributed by atoms with E-state index in [2.05, 4.69) is 26.1 Å². The van der Waals surface area contributed by atoms with Crippen molar-refractivity contribution in [3.05, 3.63) is 12.2 Å². The Balaban J connectivity index is 2.95. The van der Waals surface area contributed by atoms with E-state index in [4.69, 9.17) is 4.74 Å². The highest BCUT2D eigenvalue weighted by Crippen LogP contribution is 2.05. The lowest BCUT2D eigenvalue weighted by atomic mass is 10.1. The van der Waals surface area contributed by atoms with Gasteiger partial charge in [0.25, 0.3) is 0 Å². The summed E-state index contributed by atoms with van der Waals surface area (Å²) < 4.78 is 5.44. The van der Waals surface area contributed by atoms with Crippen molar-refractivity contribution in [3.63, 3.8) is 0 Å². The van der Waals surface area contributed by atoms with E-state index in [1.54, 1.807) is 0 Å². The topological polar surface area (TPSA) is 9.23 Å². The fourth-order valence-electron chi connectivity index (χ4n) is 1.25. The first kappa shape index (κ1) is 14.1. The zero-order valence-electron chi connectivity index (χ0n) is 9.43. The van der Waals surface area contributed by atoms with Crippen molar-refractivity contribution in [2.75, 3.05) is 19.0 Å².